The number of benzene rings is 1. The van der Waals surface area contributed by atoms with Crippen molar-refractivity contribution >= 4 is 0 Å². The van der Waals surface area contributed by atoms with Gasteiger partial charge in [0.15, 0.2) is 11.6 Å². The van der Waals surface area contributed by atoms with Crippen LogP contribution in [-0.4, -0.2) is 12.1 Å². The molecule has 0 N–H and O–H groups in total. The van der Waals surface area contributed by atoms with E-state index in [0.29, 0.717) is 17.0 Å². The highest BCUT2D eigenvalue weighted by Crippen LogP contribution is 2.22. The normalized spacial score (nSPS) is 10.2. The molecule has 0 aliphatic carbocycles. The van der Waals surface area contributed by atoms with Crippen molar-refractivity contribution < 1.29 is 13.5 Å². The van der Waals surface area contributed by atoms with Gasteiger partial charge in [-0.15, -0.1) is 0 Å². The van der Waals surface area contributed by atoms with E-state index < -0.39 is 11.6 Å². The molecule has 0 saturated heterocycles. The molecule has 1 heterocycles. The van der Waals surface area contributed by atoms with E-state index in [-0.39, 0.29) is 0 Å². The first-order valence-corrected chi connectivity index (χ1v) is 4.66. The summed E-state index contributed by atoms with van der Waals surface area (Å²) in [5.74, 6) is -1.14. The molecule has 0 atom stereocenters. The summed E-state index contributed by atoms with van der Waals surface area (Å²) in [5, 5.41) is 0. The molecule has 2 rings (SSSR count). The molecule has 0 fully saturated rings. The number of hydrogen-bond acceptors (Lipinski definition) is 2. The molecular formula is C12H9F2NO. The van der Waals surface area contributed by atoms with Gasteiger partial charge in [-0.1, -0.05) is 0 Å². The zero-order valence-electron chi connectivity index (χ0n) is 8.58. The topological polar surface area (TPSA) is 22.1 Å². The van der Waals surface area contributed by atoms with Gasteiger partial charge in [0.1, 0.15) is 5.75 Å². The average Bonchev–Trinajstić information content (AvgIpc) is 2.33. The average molecular weight is 221 g/mol. The lowest BCUT2D eigenvalue weighted by Crippen LogP contribution is -1.89. The largest absolute Gasteiger partial charge is 0.497 e. The predicted octanol–water partition coefficient (Wildman–Crippen LogP) is 3.04. The second-order valence-corrected chi connectivity index (χ2v) is 3.21. The molecule has 0 saturated carbocycles. The van der Waals surface area contributed by atoms with Crippen molar-refractivity contribution in [2.45, 2.75) is 0 Å². The van der Waals surface area contributed by atoms with Gasteiger partial charge in [0.05, 0.1) is 12.8 Å². The summed E-state index contributed by atoms with van der Waals surface area (Å²) >= 11 is 0. The molecule has 0 radical (unpaired) electrons. The predicted molar refractivity (Wildman–Crippen MR) is 56.1 cm³/mol. The Morgan fingerprint density at radius 1 is 1.06 bits per heavy atom. The van der Waals surface area contributed by atoms with Crippen molar-refractivity contribution in [3.8, 4) is 17.0 Å². The van der Waals surface area contributed by atoms with Crippen LogP contribution in [0.3, 0.4) is 0 Å². The SMILES string of the molecule is COc1ccnc(-c2ccc(F)c(F)c2)c1. The molecule has 16 heavy (non-hydrogen) atoms. The van der Waals surface area contributed by atoms with Crippen molar-refractivity contribution in [3.05, 3.63) is 48.2 Å². The van der Waals surface area contributed by atoms with Gasteiger partial charge in [0.2, 0.25) is 0 Å². The van der Waals surface area contributed by atoms with Crippen molar-refractivity contribution in [3.63, 3.8) is 0 Å². The van der Waals surface area contributed by atoms with E-state index in [1.165, 1.54) is 13.2 Å². The van der Waals surface area contributed by atoms with Crippen LogP contribution >= 0.6 is 0 Å². The van der Waals surface area contributed by atoms with Gasteiger partial charge in [-0.25, -0.2) is 8.78 Å². The summed E-state index contributed by atoms with van der Waals surface area (Å²) < 4.78 is 30.8. The van der Waals surface area contributed by atoms with Crippen LogP contribution in [0.1, 0.15) is 0 Å². The number of rotatable bonds is 2. The fraction of sp³-hybridized carbons (Fsp3) is 0.0833. The highest BCUT2D eigenvalue weighted by molar-refractivity contribution is 5.60. The molecule has 1 aromatic heterocycles. The third kappa shape index (κ3) is 2.00. The number of halogens is 2. The molecule has 1 aromatic carbocycles. The van der Waals surface area contributed by atoms with E-state index >= 15 is 0 Å². The van der Waals surface area contributed by atoms with E-state index in [2.05, 4.69) is 4.98 Å². The molecule has 2 aromatic rings. The molecule has 2 nitrogen and oxygen atoms in total. The van der Waals surface area contributed by atoms with Gasteiger partial charge in [0, 0.05) is 17.8 Å². The van der Waals surface area contributed by atoms with Crippen LogP contribution in [0.25, 0.3) is 11.3 Å². The summed E-state index contributed by atoms with van der Waals surface area (Å²) in [6.45, 7) is 0. The van der Waals surface area contributed by atoms with Crippen LogP contribution in [0.4, 0.5) is 8.78 Å². The van der Waals surface area contributed by atoms with Crippen molar-refractivity contribution in [2.24, 2.45) is 0 Å². The molecule has 0 amide bonds. The monoisotopic (exact) mass is 221 g/mol. The van der Waals surface area contributed by atoms with E-state index in [1.807, 2.05) is 0 Å². The number of methoxy groups -OCH3 is 1. The maximum absolute atomic E-state index is 13.0. The van der Waals surface area contributed by atoms with Crippen molar-refractivity contribution in [1.82, 2.24) is 4.98 Å². The minimum atomic E-state index is -0.887. The smallest absolute Gasteiger partial charge is 0.159 e. The fourth-order valence-corrected chi connectivity index (χ4v) is 1.35. The van der Waals surface area contributed by atoms with E-state index in [1.54, 1.807) is 18.3 Å². The second kappa shape index (κ2) is 4.26. The lowest BCUT2D eigenvalue weighted by atomic mass is 10.1. The molecular weight excluding hydrogens is 212 g/mol. The molecule has 82 valence electrons. The molecule has 0 aliphatic rings. The number of pyridine rings is 1. The van der Waals surface area contributed by atoms with Crippen LogP contribution in [0.2, 0.25) is 0 Å². The molecule has 0 unspecified atom stereocenters. The Bertz CT molecular complexity index is 514. The zero-order chi connectivity index (χ0) is 11.5. The molecule has 0 bridgehead atoms. The Hall–Kier alpha value is -1.97. The van der Waals surface area contributed by atoms with E-state index in [4.69, 9.17) is 4.74 Å². The minimum absolute atomic E-state index is 0.512. The molecule has 0 spiro atoms. The molecule has 4 heteroatoms. The van der Waals surface area contributed by atoms with Gasteiger partial charge in [0.25, 0.3) is 0 Å². The first-order chi connectivity index (χ1) is 7.70. The fourth-order valence-electron chi connectivity index (χ4n) is 1.35. The number of hydrogen-bond donors (Lipinski definition) is 0. The quantitative estimate of drug-likeness (QED) is 0.777. The maximum Gasteiger partial charge on any atom is 0.159 e. The van der Waals surface area contributed by atoms with Gasteiger partial charge in [-0.2, -0.15) is 0 Å². The van der Waals surface area contributed by atoms with Gasteiger partial charge < -0.3 is 4.74 Å². The summed E-state index contributed by atoms with van der Waals surface area (Å²) in [4.78, 5) is 4.06. The number of ether oxygens (including phenoxy) is 1. The second-order valence-electron chi connectivity index (χ2n) is 3.21. The number of aromatic nitrogens is 1. The van der Waals surface area contributed by atoms with Gasteiger partial charge in [-0.3, -0.25) is 4.98 Å². The van der Waals surface area contributed by atoms with Crippen LogP contribution in [0, 0.1) is 11.6 Å². The summed E-state index contributed by atoms with van der Waals surface area (Å²) in [6, 6.07) is 7.00. The van der Waals surface area contributed by atoms with Gasteiger partial charge >= 0.3 is 0 Å². The van der Waals surface area contributed by atoms with Crippen molar-refractivity contribution in [1.29, 1.82) is 0 Å². The maximum atomic E-state index is 13.0. The first kappa shape index (κ1) is 10.5. The standard InChI is InChI=1S/C12H9F2NO/c1-16-9-4-5-15-12(7-9)8-2-3-10(13)11(14)6-8/h2-7H,1H3. The summed E-state index contributed by atoms with van der Waals surface area (Å²) in [6.07, 6.45) is 1.55. The van der Waals surface area contributed by atoms with Crippen LogP contribution < -0.4 is 4.74 Å². The highest BCUT2D eigenvalue weighted by Gasteiger charge is 2.06. The Morgan fingerprint density at radius 2 is 1.88 bits per heavy atom. The lowest BCUT2D eigenvalue weighted by molar-refractivity contribution is 0.414. The number of nitrogens with zero attached hydrogens (tertiary/aromatic N) is 1. The van der Waals surface area contributed by atoms with E-state index in [0.717, 1.165) is 12.1 Å². The van der Waals surface area contributed by atoms with E-state index in [9.17, 15) is 8.78 Å². The summed E-state index contributed by atoms with van der Waals surface area (Å²) in [5.41, 5.74) is 1.05. The van der Waals surface area contributed by atoms with Crippen LogP contribution in [0.15, 0.2) is 36.5 Å². The third-order valence-corrected chi connectivity index (χ3v) is 2.18. The Kier molecular flexibility index (Phi) is 2.81. The Labute approximate surface area is 91.5 Å². The minimum Gasteiger partial charge on any atom is -0.497 e. The van der Waals surface area contributed by atoms with Gasteiger partial charge in [-0.05, 0) is 24.3 Å². The van der Waals surface area contributed by atoms with Crippen LogP contribution in [-0.2, 0) is 0 Å². The Balaban J connectivity index is 2.46. The third-order valence-electron chi connectivity index (χ3n) is 2.18. The highest BCUT2D eigenvalue weighted by atomic mass is 19.2. The first-order valence-electron chi connectivity index (χ1n) is 4.66. The van der Waals surface area contributed by atoms with Crippen molar-refractivity contribution in [2.75, 3.05) is 7.11 Å². The Morgan fingerprint density at radius 3 is 2.56 bits per heavy atom. The lowest BCUT2D eigenvalue weighted by Gasteiger charge is -2.04. The van der Waals surface area contributed by atoms with Crippen LogP contribution in [0.5, 0.6) is 5.75 Å². The zero-order valence-corrected chi connectivity index (χ0v) is 8.58. The molecule has 0 aliphatic heterocycles. The summed E-state index contributed by atoms with van der Waals surface area (Å²) in [7, 11) is 1.53.